The van der Waals surface area contributed by atoms with Crippen LogP contribution in [0.3, 0.4) is 0 Å². The van der Waals surface area contributed by atoms with Crippen molar-refractivity contribution in [2.75, 3.05) is 26.7 Å². The number of hydrogen-bond donors (Lipinski definition) is 1. The van der Waals surface area contributed by atoms with Crippen molar-refractivity contribution in [1.82, 2.24) is 10.2 Å². The summed E-state index contributed by atoms with van der Waals surface area (Å²) in [6.07, 6.45) is 2.66. The van der Waals surface area contributed by atoms with E-state index >= 15 is 0 Å². The van der Waals surface area contributed by atoms with Crippen molar-refractivity contribution in [3.63, 3.8) is 0 Å². The van der Waals surface area contributed by atoms with Gasteiger partial charge in [-0.1, -0.05) is 25.1 Å². The van der Waals surface area contributed by atoms with E-state index < -0.39 is 0 Å². The summed E-state index contributed by atoms with van der Waals surface area (Å²) in [7, 11) is 1.64. The molecule has 20 heavy (non-hydrogen) atoms. The second kappa shape index (κ2) is 7.29. The Balaban J connectivity index is 1.97. The number of nitrogens with one attached hydrogen (secondary N) is 1. The summed E-state index contributed by atoms with van der Waals surface area (Å²) in [5.74, 6) is 0.984. The largest absolute Gasteiger partial charge is 0.496 e. The van der Waals surface area contributed by atoms with Crippen LogP contribution in [-0.4, -0.2) is 43.6 Å². The van der Waals surface area contributed by atoms with E-state index in [9.17, 15) is 4.79 Å². The maximum Gasteiger partial charge on any atom is 0.227 e. The van der Waals surface area contributed by atoms with Crippen LogP contribution >= 0.6 is 0 Å². The fourth-order valence-electron chi connectivity index (χ4n) is 2.78. The van der Waals surface area contributed by atoms with Crippen LogP contribution in [0.15, 0.2) is 24.3 Å². The number of nitrogens with zero attached hydrogens (tertiary/aromatic N) is 1. The van der Waals surface area contributed by atoms with Crippen LogP contribution in [0.4, 0.5) is 0 Å². The fourth-order valence-corrected chi connectivity index (χ4v) is 2.78. The Hall–Kier alpha value is -1.55. The predicted molar refractivity (Wildman–Crippen MR) is 80.0 cm³/mol. The molecule has 0 saturated carbocycles. The molecule has 0 aromatic heterocycles. The maximum atomic E-state index is 12.4. The van der Waals surface area contributed by atoms with Gasteiger partial charge in [0, 0.05) is 24.7 Å². The number of likely N-dealkylation sites (N-methyl/N-ethyl adjacent to an activating group) is 1. The Morgan fingerprint density at radius 1 is 1.45 bits per heavy atom. The molecule has 0 bridgehead atoms. The molecule has 1 fully saturated rings. The molecule has 4 nitrogen and oxygen atoms in total. The highest BCUT2D eigenvalue weighted by Gasteiger charge is 2.23. The van der Waals surface area contributed by atoms with Gasteiger partial charge in [-0.3, -0.25) is 4.79 Å². The number of amides is 1. The van der Waals surface area contributed by atoms with E-state index in [-0.39, 0.29) is 5.91 Å². The second-order valence-electron chi connectivity index (χ2n) is 5.23. The molecule has 4 heteroatoms. The molecule has 1 unspecified atom stereocenters. The lowest BCUT2D eigenvalue weighted by Crippen LogP contribution is -2.48. The lowest BCUT2D eigenvalue weighted by atomic mass is 10.0. The molecule has 0 spiro atoms. The van der Waals surface area contributed by atoms with E-state index in [4.69, 9.17) is 4.74 Å². The molecule has 1 aromatic carbocycles. The van der Waals surface area contributed by atoms with Gasteiger partial charge in [-0.05, 0) is 25.5 Å². The maximum absolute atomic E-state index is 12.4. The van der Waals surface area contributed by atoms with Gasteiger partial charge in [-0.15, -0.1) is 0 Å². The van der Waals surface area contributed by atoms with E-state index in [0.29, 0.717) is 12.5 Å². The lowest BCUT2D eigenvalue weighted by molar-refractivity contribution is -0.131. The molecular weight excluding hydrogens is 252 g/mol. The molecular formula is C16H24N2O2. The third kappa shape index (κ3) is 3.73. The lowest BCUT2D eigenvalue weighted by Gasteiger charge is -2.33. The van der Waals surface area contributed by atoms with Crippen LogP contribution in [0.5, 0.6) is 5.75 Å². The number of likely N-dealkylation sites (tertiary alicyclic amines) is 1. The Labute approximate surface area is 121 Å². The molecule has 1 aromatic rings. The SMILES string of the molecule is CCNC1CCCN(C(=O)Cc2ccccc2OC)C1. The third-order valence-electron chi connectivity index (χ3n) is 3.80. The van der Waals surface area contributed by atoms with E-state index in [1.807, 2.05) is 29.2 Å². The number of hydrogen-bond acceptors (Lipinski definition) is 3. The average Bonchev–Trinajstić information content (AvgIpc) is 2.48. The molecule has 1 N–H and O–H groups in total. The number of benzene rings is 1. The molecule has 1 saturated heterocycles. The van der Waals surface area contributed by atoms with Gasteiger partial charge in [0.05, 0.1) is 13.5 Å². The number of ether oxygens (including phenoxy) is 1. The highest BCUT2D eigenvalue weighted by molar-refractivity contribution is 5.79. The van der Waals surface area contributed by atoms with Crippen molar-refractivity contribution in [3.8, 4) is 5.75 Å². The zero-order chi connectivity index (χ0) is 14.4. The first kappa shape index (κ1) is 14.9. The predicted octanol–water partition coefficient (Wildman–Crippen LogP) is 1.84. The average molecular weight is 276 g/mol. The van der Waals surface area contributed by atoms with Crippen molar-refractivity contribution >= 4 is 5.91 Å². The molecule has 2 rings (SSSR count). The minimum Gasteiger partial charge on any atom is -0.496 e. The van der Waals surface area contributed by atoms with E-state index in [1.165, 1.54) is 0 Å². The molecule has 1 aliphatic rings. The quantitative estimate of drug-likeness (QED) is 0.892. The number of para-hydroxylation sites is 1. The number of methoxy groups -OCH3 is 1. The number of carbonyl (C=O) groups is 1. The van der Waals surface area contributed by atoms with Crippen molar-refractivity contribution in [2.24, 2.45) is 0 Å². The summed E-state index contributed by atoms with van der Waals surface area (Å²) in [5, 5.41) is 3.44. The van der Waals surface area contributed by atoms with E-state index in [0.717, 1.165) is 43.8 Å². The van der Waals surface area contributed by atoms with Crippen molar-refractivity contribution in [1.29, 1.82) is 0 Å². The molecule has 1 aliphatic heterocycles. The van der Waals surface area contributed by atoms with Crippen molar-refractivity contribution in [3.05, 3.63) is 29.8 Å². The topological polar surface area (TPSA) is 41.6 Å². The van der Waals surface area contributed by atoms with Gasteiger partial charge in [-0.2, -0.15) is 0 Å². The minimum atomic E-state index is 0.192. The summed E-state index contributed by atoms with van der Waals surface area (Å²) in [6, 6.07) is 8.18. The molecule has 1 heterocycles. The van der Waals surface area contributed by atoms with Gasteiger partial charge in [0.1, 0.15) is 5.75 Å². The normalized spacial score (nSPS) is 18.9. The molecule has 1 atom stereocenters. The molecule has 110 valence electrons. The van der Waals surface area contributed by atoms with Gasteiger partial charge in [0.15, 0.2) is 0 Å². The molecule has 1 amide bonds. The van der Waals surface area contributed by atoms with Crippen molar-refractivity contribution < 1.29 is 9.53 Å². The van der Waals surface area contributed by atoms with Gasteiger partial charge < -0.3 is 15.0 Å². The first-order valence-corrected chi connectivity index (χ1v) is 7.37. The second-order valence-corrected chi connectivity index (χ2v) is 5.23. The van der Waals surface area contributed by atoms with Crippen molar-refractivity contribution in [2.45, 2.75) is 32.2 Å². The Morgan fingerprint density at radius 3 is 3.00 bits per heavy atom. The first-order valence-electron chi connectivity index (χ1n) is 7.37. The van der Waals surface area contributed by atoms with Crippen LogP contribution in [0.25, 0.3) is 0 Å². The minimum absolute atomic E-state index is 0.192. The summed E-state index contributed by atoms with van der Waals surface area (Å²) in [6.45, 7) is 4.76. The number of carbonyl (C=O) groups excluding carboxylic acids is 1. The summed E-state index contributed by atoms with van der Waals surface area (Å²) in [4.78, 5) is 14.4. The number of rotatable bonds is 5. The monoisotopic (exact) mass is 276 g/mol. The van der Waals surface area contributed by atoms with Crippen LogP contribution in [0, 0.1) is 0 Å². The highest BCUT2D eigenvalue weighted by atomic mass is 16.5. The first-order chi connectivity index (χ1) is 9.74. The fraction of sp³-hybridized carbons (Fsp3) is 0.562. The van der Waals surface area contributed by atoms with Crippen LogP contribution in [0.1, 0.15) is 25.3 Å². The molecule has 0 radical (unpaired) electrons. The van der Waals surface area contributed by atoms with Crippen LogP contribution < -0.4 is 10.1 Å². The van der Waals surface area contributed by atoms with Crippen LogP contribution in [-0.2, 0) is 11.2 Å². The standard InChI is InChI=1S/C16H24N2O2/c1-3-17-14-8-6-10-18(12-14)16(19)11-13-7-4-5-9-15(13)20-2/h4-5,7,9,14,17H,3,6,8,10-12H2,1-2H3. The van der Waals surface area contributed by atoms with E-state index in [2.05, 4.69) is 12.2 Å². The Kier molecular flexibility index (Phi) is 5.41. The van der Waals surface area contributed by atoms with Gasteiger partial charge >= 0.3 is 0 Å². The number of piperidine rings is 1. The zero-order valence-corrected chi connectivity index (χ0v) is 12.4. The summed E-state index contributed by atoms with van der Waals surface area (Å²) in [5.41, 5.74) is 0.963. The van der Waals surface area contributed by atoms with Gasteiger partial charge in [-0.25, -0.2) is 0 Å². The van der Waals surface area contributed by atoms with Gasteiger partial charge in [0.25, 0.3) is 0 Å². The van der Waals surface area contributed by atoms with Gasteiger partial charge in [0.2, 0.25) is 5.91 Å². The summed E-state index contributed by atoms with van der Waals surface area (Å²) < 4.78 is 5.31. The highest BCUT2D eigenvalue weighted by Crippen LogP contribution is 2.19. The van der Waals surface area contributed by atoms with E-state index in [1.54, 1.807) is 7.11 Å². The zero-order valence-electron chi connectivity index (χ0n) is 12.4. The van der Waals surface area contributed by atoms with Crippen LogP contribution in [0.2, 0.25) is 0 Å². The smallest absolute Gasteiger partial charge is 0.227 e. The Morgan fingerprint density at radius 2 is 2.25 bits per heavy atom. The third-order valence-corrected chi connectivity index (χ3v) is 3.80. The summed E-state index contributed by atoms with van der Waals surface area (Å²) >= 11 is 0. The molecule has 0 aliphatic carbocycles. The Bertz CT molecular complexity index is 446.